The lowest BCUT2D eigenvalue weighted by Gasteiger charge is -2.38. The van der Waals surface area contributed by atoms with E-state index in [0.717, 1.165) is 16.8 Å². The molecule has 1 aromatic heterocycles. The third-order valence-corrected chi connectivity index (χ3v) is 6.45. The topological polar surface area (TPSA) is 47.0 Å². The molecule has 0 aliphatic heterocycles. The van der Waals surface area contributed by atoms with Gasteiger partial charge in [-0.25, -0.2) is 4.98 Å². The first-order chi connectivity index (χ1) is 9.38. The first-order valence-electron chi connectivity index (χ1n) is 7.25. The Kier molecular flexibility index (Phi) is 3.23. The summed E-state index contributed by atoms with van der Waals surface area (Å²) in [5.41, 5.74) is 0.588. The van der Waals surface area contributed by atoms with E-state index in [1.807, 2.05) is 7.05 Å². The normalized spacial score (nSPS) is 34.2. The smallest absolute Gasteiger partial charge is 0.233 e. The van der Waals surface area contributed by atoms with Crippen LogP contribution in [0.2, 0.25) is 0 Å². The minimum absolute atomic E-state index is 0.238. The molecule has 2 aliphatic carbocycles. The van der Waals surface area contributed by atoms with E-state index in [9.17, 15) is 0 Å². The number of hydrogen-bond donors (Lipinski definition) is 1. The van der Waals surface area contributed by atoms with Crippen LogP contribution in [-0.4, -0.2) is 23.1 Å². The number of anilines is 1. The second-order valence-corrected chi connectivity index (χ2v) is 7.67. The molecule has 110 valence electrons. The van der Waals surface area contributed by atoms with Crippen LogP contribution in [0.3, 0.4) is 0 Å². The van der Waals surface area contributed by atoms with E-state index in [0.29, 0.717) is 17.2 Å². The molecule has 1 aromatic rings. The van der Waals surface area contributed by atoms with Crippen molar-refractivity contribution >= 4 is 21.9 Å². The second-order valence-electron chi connectivity index (χ2n) is 6.81. The van der Waals surface area contributed by atoms with Gasteiger partial charge in [-0.1, -0.05) is 20.8 Å². The molecule has 0 aromatic carbocycles. The molecule has 0 radical (unpaired) electrons. The van der Waals surface area contributed by atoms with Gasteiger partial charge in [0.1, 0.15) is 6.10 Å². The maximum atomic E-state index is 6.28. The van der Waals surface area contributed by atoms with Crippen LogP contribution < -0.4 is 10.1 Å². The van der Waals surface area contributed by atoms with Crippen molar-refractivity contribution in [1.29, 1.82) is 0 Å². The maximum absolute atomic E-state index is 6.28. The second kappa shape index (κ2) is 4.58. The summed E-state index contributed by atoms with van der Waals surface area (Å²) in [6.07, 6.45) is 5.70. The van der Waals surface area contributed by atoms with Crippen LogP contribution in [0.15, 0.2) is 10.7 Å². The zero-order chi connectivity index (χ0) is 14.5. The van der Waals surface area contributed by atoms with Crippen LogP contribution in [0.1, 0.15) is 40.0 Å². The summed E-state index contributed by atoms with van der Waals surface area (Å²) in [6.45, 7) is 7.16. The molecule has 0 spiro atoms. The van der Waals surface area contributed by atoms with Gasteiger partial charge in [0.05, 0.1) is 10.7 Å². The molecule has 3 rings (SSSR count). The molecule has 2 aliphatic rings. The SMILES string of the molecule is CNc1ncc(Br)c(OC2CC3CCC2(C)C3(C)C)n1. The van der Waals surface area contributed by atoms with E-state index < -0.39 is 0 Å². The molecule has 2 saturated carbocycles. The van der Waals surface area contributed by atoms with Gasteiger partial charge >= 0.3 is 0 Å². The van der Waals surface area contributed by atoms with Crippen molar-refractivity contribution < 1.29 is 4.74 Å². The number of halogens is 1. The quantitative estimate of drug-likeness (QED) is 0.907. The lowest BCUT2D eigenvalue weighted by molar-refractivity contribution is 0.0268. The van der Waals surface area contributed by atoms with Gasteiger partial charge in [0, 0.05) is 12.5 Å². The number of nitrogens with one attached hydrogen (secondary N) is 1. The van der Waals surface area contributed by atoms with Gasteiger partial charge < -0.3 is 10.1 Å². The standard InChI is InChI=1S/C15H22BrN3O/c1-14(2)9-5-6-15(14,3)11(7-9)20-12-10(16)8-18-13(17-4)19-12/h8-9,11H,5-7H2,1-4H3,(H,17,18,19). The Morgan fingerprint density at radius 1 is 1.40 bits per heavy atom. The number of nitrogens with zero attached hydrogens (tertiary/aromatic N) is 2. The van der Waals surface area contributed by atoms with Gasteiger partial charge in [-0.05, 0) is 46.5 Å². The lowest BCUT2D eigenvalue weighted by atomic mass is 9.70. The van der Waals surface area contributed by atoms with Crippen LogP contribution >= 0.6 is 15.9 Å². The monoisotopic (exact) mass is 339 g/mol. The molecular weight excluding hydrogens is 318 g/mol. The summed E-state index contributed by atoms with van der Waals surface area (Å²) < 4.78 is 7.10. The number of ether oxygens (including phenoxy) is 1. The van der Waals surface area contributed by atoms with Gasteiger partial charge in [-0.2, -0.15) is 4.98 Å². The highest BCUT2D eigenvalue weighted by Gasteiger charge is 2.62. The molecule has 3 atom stereocenters. The van der Waals surface area contributed by atoms with Crippen molar-refractivity contribution in [2.45, 2.75) is 46.1 Å². The average Bonchev–Trinajstić information content (AvgIpc) is 2.74. The Hall–Kier alpha value is -0.840. The van der Waals surface area contributed by atoms with E-state index in [1.54, 1.807) is 6.20 Å². The van der Waals surface area contributed by atoms with E-state index >= 15 is 0 Å². The zero-order valence-corrected chi connectivity index (χ0v) is 14.1. The van der Waals surface area contributed by atoms with Crippen LogP contribution in [0.25, 0.3) is 0 Å². The molecule has 0 saturated heterocycles. The van der Waals surface area contributed by atoms with E-state index in [-0.39, 0.29) is 11.5 Å². The first kappa shape index (κ1) is 14.1. The fourth-order valence-corrected chi connectivity index (χ4v) is 4.28. The predicted molar refractivity (Wildman–Crippen MR) is 82.9 cm³/mol. The molecule has 2 bridgehead atoms. The van der Waals surface area contributed by atoms with Crippen LogP contribution in [0.5, 0.6) is 5.88 Å². The average molecular weight is 340 g/mol. The fraction of sp³-hybridized carbons (Fsp3) is 0.733. The zero-order valence-electron chi connectivity index (χ0n) is 12.5. The summed E-state index contributed by atoms with van der Waals surface area (Å²) in [6, 6.07) is 0. The maximum Gasteiger partial charge on any atom is 0.233 e. The van der Waals surface area contributed by atoms with Crippen molar-refractivity contribution in [2.24, 2.45) is 16.7 Å². The Balaban J connectivity index is 1.87. The van der Waals surface area contributed by atoms with Crippen LogP contribution in [0, 0.1) is 16.7 Å². The minimum Gasteiger partial charge on any atom is -0.473 e. The van der Waals surface area contributed by atoms with E-state index in [4.69, 9.17) is 4.74 Å². The molecule has 20 heavy (non-hydrogen) atoms. The summed E-state index contributed by atoms with van der Waals surface area (Å²) >= 11 is 3.49. The van der Waals surface area contributed by atoms with Crippen molar-refractivity contribution in [2.75, 3.05) is 12.4 Å². The highest BCUT2D eigenvalue weighted by molar-refractivity contribution is 9.10. The third kappa shape index (κ3) is 1.85. The van der Waals surface area contributed by atoms with Crippen molar-refractivity contribution in [3.63, 3.8) is 0 Å². The fourth-order valence-electron chi connectivity index (χ4n) is 4.00. The number of fused-ring (bicyclic) bond motifs is 2. The molecule has 4 nitrogen and oxygen atoms in total. The van der Waals surface area contributed by atoms with Gasteiger partial charge in [0.15, 0.2) is 0 Å². The first-order valence-corrected chi connectivity index (χ1v) is 8.05. The van der Waals surface area contributed by atoms with E-state index in [1.165, 1.54) is 12.8 Å². The molecular formula is C15H22BrN3O. The molecule has 1 N–H and O–H groups in total. The predicted octanol–water partition coefficient (Wildman–Crippen LogP) is 3.87. The Morgan fingerprint density at radius 3 is 2.70 bits per heavy atom. The highest BCUT2D eigenvalue weighted by Crippen LogP contribution is 2.66. The van der Waals surface area contributed by atoms with Gasteiger partial charge in [0.2, 0.25) is 11.8 Å². The Bertz CT molecular complexity index is 534. The Morgan fingerprint density at radius 2 is 2.15 bits per heavy atom. The molecule has 5 heteroatoms. The molecule has 3 unspecified atom stereocenters. The van der Waals surface area contributed by atoms with Crippen molar-refractivity contribution in [3.05, 3.63) is 10.7 Å². The van der Waals surface area contributed by atoms with Gasteiger partial charge in [-0.15, -0.1) is 0 Å². The molecule has 2 fully saturated rings. The van der Waals surface area contributed by atoms with Crippen molar-refractivity contribution in [1.82, 2.24) is 9.97 Å². The number of aromatic nitrogens is 2. The number of hydrogen-bond acceptors (Lipinski definition) is 4. The summed E-state index contributed by atoms with van der Waals surface area (Å²) in [4.78, 5) is 8.60. The highest BCUT2D eigenvalue weighted by atomic mass is 79.9. The largest absolute Gasteiger partial charge is 0.473 e. The Labute approximate surface area is 128 Å². The lowest BCUT2D eigenvalue weighted by Crippen LogP contribution is -2.39. The van der Waals surface area contributed by atoms with E-state index in [2.05, 4.69) is 52.0 Å². The number of rotatable bonds is 3. The molecule has 1 heterocycles. The summed E-state index contributed by atoms with van der Waals surface area (Å²) in [7, 11) is 1.81. The van der Waals surface area contributed by atoms with Crippen LogP contribution in [0.4, 0.5) is 5.95 Å². The third-order valence-electron chi connectivity index (χ3n) is 5.90. The minimum atomic E-state index is 0.238. The molecule has 0 amide bonds. The summed E-state index contributed by atoms with van der Waals surface area (Å²) in [5.74, 6) is 2.01. The summed E-state index contributed by atoms with van der Waals surface area (Å²) in [5, 5.41) is 2.96. The van der Waals surface area contributed by atoms with Gasteiger partial charge in [0.25, 0.3) is 0 Å². The van der Waals surface area contributed by atoms with Crippen molar-refractivity contribution in [3.8, 4) is 5.88 Å². The van der Waals surface area contributed by atoms with Crippen LogP contribution in [-0.2, 0) is 0 Å². The van der Waals surface area contributed by atoms with Gasteiger partial charge in [-0.3, -0.25) is 0 Å².